The first kappa shape index (κ1) is 20.1. The van der Waals surface area contributed by atoms with Crippen molar-refractivity contribution in [2.75, 3.05) is 13.2 Å². The van der Waals surface area contributed by atoms with Crippen molar-refractivity contribution in [3.63, 3.8) is 0 Å². The standard InChI is InChI=1S/C24H26FNO2/c1-19-9-5-8-14-24(19)28-18-22(27)17-26(15-20-10-3-2-4-11-20)16-21-12-6-7-13-23(21)25/h2-14,22,27H,15-18H2,1H3. The van der Waals surface area contributed by atoms with Gasteiger partial charge in [-0.1, -0.05) is 66.7 Å². The van der Waals surface area contributed by atoms with Crippen molar-refractivity contribution in [1.82, 2.24) is 4.90 Å². The number of para-hydroxylation sites is 1. The number of aliphatic hydroxyl groups is 1. The van der Waals surface area contributed by atoms with Crippen molar-refractivity contribution in [2.24, 2.45) is 0 Å². The zero-order valence-corrected chi connectivity index (χ0v) is 16.1. The van der Waals surface area contributed by atoms with Crippen LogP contribution in [0.3, 0.4) is 0 Å². The molecule has 0 aliphatic carbocycles. The Bertz CT molecular complexity index is 869. The summed E-state index contributed by atoms with van der Waals surface area (Å²) in [4.78, 5) is 2.04. The van der Waals surface area contributed by atoms with Crippen molar-refractivity contribution in [3.05, 3.63) is 101 Å². The van der Waals surface area contributed by atoms with E-state index in [9.17, 15) is 9.50 Å². The number of aryl methyl sites for hydroxylation is 1. The molecular weight excluding hydrogens is 353 g/mol. The molecule has 4 heteroatoms. The molecule has 0 aromatic heterocycles. The van der Waals surface area contributed by atoms with Crippen LogP contribution in [0.15, 0.2) is 78.9 Å². The van der Waals surface area contributed by atoms with E-state index in [0.717, 1.165) is 16.9 Å². The maximum absolute atomic E-state index is 14.1. The first-order valence-corrected chi connectivity index (χ1v) is 9.48. The highest BCUT2D eigenvalue weighted by Crippen LogP contribution is 2.17. The smallest absolute Gasteiger partial charge is 0.127 e. The highest BCUT2D eigenvalue weighted by Gasteiger charge is 2.15. The predicted molar refractivity (Wildman–Crippen MR) is 110 cm³/mol. The Morgan fingerprint density at radius 3 is 2.32 bits per heavy atom. The van der Waals surface area contributed by atoms with Gasteiger partial charge in [-0.3, -0.25) is 4.90 Å². The number of hydrogen-bond acceptors (Lipinski definition) is 3. The van der Waals surface area contributed by atoms with Gasteiger partial charge < -0.3 is 9.84 Å². The van der Waals surface area contributed by atoms with Crippen LogP contribution in [0, 0.1) is 12.7 Å². The summed E-state index contributed by atoms with van der Waals surface area (Å²) in [6.45, 7) is 3.59. The molecule has 0 heterocycles. The van der Waals surface area contributed by atoms with E-state index in [-0.39, 0.29) is 12.4 Å². The number of rotatable bonds is 9. The van der Waals surface area contributed by atoms with Crippen molar-refractivity contribution in [1.29, 1.82) is 0 Å². The fraction of sp³-hybridized carbons (Fsp3) is 0.250. The van der Waals surface area contributed by atoms with Gasteiger partial charge in [0.1, 0.15) is 24.3 Å². The van der Waals surface area contributed by atoms with Gasteiger partial charge in [0, 0.05) is 25.2 Å². The van der Waals surface area contributed by atoms with Crippen LogP contribution in [-0.4, -0.2) is 29.3 Å². The third kappa shape index (κ3) is 5.91. The Morgan fingerprint density at radius 2 is 1.57 bits per heavy atom. The quantitative estimate of drug-likeness (QED) is 0.591. The van der Waals surface area contributed by atoms with E-state index in [4.69, 9.17) is 4.74 Å². The first-order valence-electron chi connectivity index (χ1n) is 9.48. The minimum absolute atomic E-state index is 0.188. The normalized spacial score (nSPS) is 12.1. The molecule has 3 aromatic carbocycles. The lowest BCUT2D eigenvalue weighted by Crippen LogP contribution is -2.35. The Balaban J connectivity index is 1.65. The van der Waals surface area contributed by atoms with Gasteiger partial charge in [-0.25, -0.2) is 4.39 Å². The van der Waals surface area contributed by atoms with Crippen LogP contribution in [0.2, 0.25) is 0 Å². The minimum Gasteiger partial charge on any atom is -0.491 e. The number of nitrogens with zero attached hydrogens (tertiary/aromatic N) is 1. The second kappa shape index (κ2) is 10.0. The van der Waals surface area contributed by atoms with Crippen molar-refractivity contribution < 1.29 is 14.2 Å². The van der Waals surface area contributed by atoms with Gasteiger partial charge in [0.05, 0.1) is 0 Å². The SMILES string of the molecule is Cc1ccccc1OCC(O)CN(Cc1ccccc1)Cc1ccccc1F. The molecule has 0 saturated carbocycles. The van der Waals surface area contributed by atoms with Crippen molar-refractivity contribution in [2.45, 2.75) is 26.1 Å². The highest BCUT2D eigenvalue weighted by atomic mass is 19.1. The molecule has 0 amide bonds. The zero-order valence-electron chi connectivity index (χ0n) is 16.1. The summed E-state index contributed by atoms with van der Waals surface area (Å²) in [5, 5.41) is 10.5. The van der Waals surface area contributed by atoms with E-state index >= 15 is 0 Å². The summed E-state index contributed by atoms with van der Waals surface area (Å²) in [6, 6.07) is 24.5. The zero-order chi connectivity index (χ0) is 19.8. The fourth-order valence-electron chi connectivity index (χ4n) is 3.15. The number of ether oxygens (including phenoxy) is 1. The van der Waals surface area contributed by atoms with Crippen molar-refractivity contribution >= 4 is 0 Å². The van der Waals surface area contributed by atoms with Crippen LogP contribution in [0.1, 0.15) is 16.7 Å². The molecule has 0 fully saturated rings. The molecule has 3 rings (SSSR count). The Hall–Kier alpha value is -2.69. The third-order valence-electron chi connectivity index (χ3n) is 4.59. The monoisotopic (exact) mass is 379 g/mol. The van der Waals surface area contributed by atoms with E-state index in [2.05, 4.69) is 0 Å². The van der Waals surface area contributed by atoms with Gasteiger partial charge in [-0.15, -0.1) is 0 Å². The van der Waals surface area contributed by atoms with Crippen molar-refractivity contribution in [3.8, 4) is 5.75 Å². The highest BCUT2D eigenvalue weighted by molar-refractivity contribution is 5.31. The summed E-state index contributed by atoms with van der Waals surface area (Å²) < 4.78 is 19.9. The molecule has 146 valence electrons. The molecule has 3 nitrogen and oxygen atoms in total. The largest absolute Gasteiger partial charge is 0.491 e. The van der Waals surface area contributed by atoms with Crippen LogP contribution in [0.5, 0.6) is 5.75 Å². The average molecular weight is 379 g/mol. The Kier molecular flexibility index (Phi) is 7.18. The van der Waals surface area contributed by atoms with Gasteiger partial charge in [0.25, 0.3) is 0 Å². The maximum atomic E-state index is 14.1. The molecule has 1 unspecified atom stereocenters. The van der Waals surface area contributed by atoms with Gasteiger partial charge in [0.15, 0.2) is 0 Å². The summed E-state index contributed by atoms with van der Waals surface area (Å²) >= 11 is 0. The summed E-state index contributed by atoms with van der Waals surface area (Å²) in [6.07, 6.45) is -0.685. The van der Waals surface area contributed by atoms with Crippen LogP contribution in [0.4, 0.5) is 4.39 Å². The van der Waals surface area contributed by atoms with Crippen LogP contribution in [0.25, 0.3) is 0 Å². The van der Waals surface area contributed by atoms with Gasteiger partial charge in [-0.05, 0) is 30.2 Å². The second-order valence-corrected chi connectivity index (χ2v) is 6.98. The summed E-state index contributed by atoms with van der Waals surface area (Å²) in [7, 11) is 0. The van der Waals surface area contributed by atoms with Crippen LogP contribution < -0.4 is 4.74 Å². The molecule has 1 atom stereocenters. The molecule has 0 aliphatic rings. The van der Waals surface area contributed by atoms with E-state index in [0.29, 0.717) is 25.2 Å². The Morgan fingerprint density at radius 1 is 0.893 bits per heavy atom. The lowest BCUT2D eigenvalue weighted by Gasteiger charge is -2.26. The molecular formula is C24H26FNO2. The molecule has 0 radical (unpaired) electrons. The molecule has 3 aromatic rings. The van der Waals surface area contributed by atoms with E-state index in [1.807, 2.05) is 72.5 Å². The van der Waals surface area contributed by atoms with E-state index < -0.39 is 6.10 Å². The topological polar surface area (TPSA) is 32.7 Å². The number of benzene rings is 3. The molecule has 0 bridgehead atoms. The maximum Gasteiger partial charge on any atom is 0.127 e. The van der Waals surface area contributed by atoms with E-state index in [1.165, 1.54) is 6.07 Å². The molecule has 0 aliphatic heterocycles. The summed E-state index contributed by atoms with van der Waals surface area (Å²) in [5.41, 5.74) is 2.76. The minimum atomic E-state index is -0.685. The molecule has 28 heavy (non-hydrogen) atoms. The molecule has 0 spiro atoms. The Labute approximate surface area is 166 Å². The lowest BCUT2D eigenvalue weighted by molar-refractivity contribution is 0.0622. The molecule has 1 N–H and O–H groups in total. The second-order valence-electron chi connectivity index (χ2n) is 6.98. The fourth-order valence-corrected chi connectivity index (χ4v) is 3.15. The predicted octanol–water partition coefficient (Wildman–Crippen LogP) is 4.58. The lowest BCUT2D eigenvalue weighted by atomic mass is 10.1. The van der Waals surface area contributed by atoms with Gasteiger partial charge >= 0.3 is 0 Å². The number of aliphatic hydroxyl groups excluding tert-OH is 1. The summed E-state index contributed by atoms with van der Waals surface area (Å²) in [5.74, 6) is 0.538. The van der Waals surface area contributed by atoms with Crippen LogP contribution in [-0.2, 0) is 13.1 Å². The number of halogens is 1. The molecule has 0 saturated heterocycles. The van der Waals surface area contributed by atoms with Crippen LogP contribution >= 0.6 is 0 Å². The van der Waals surface area contributed by atoms with Gasteiger partial charge in [-0.2, -0.15) is 0 Å². The average Bonchev–Trinajstić information content (AvgIpc) is 2.70. The van der Waals surface area contributed by atoms with Gasteiger partial charge in [0.2, 0.25) is 0 Å². The third-order valence-corrected chi connectivity index (χ3v) is 4.59. The first-order chi connectivity index (χ1) is 13.6. The number of hydrogen-bond donors (Lipinski definition) is 1. The van der Waals surface area contributed by atoms with E-state index in [1.54, 1.807) is 12.1 Å².